The van der Waals surface area contributed by atoms with Gasteiger partial charge in [0.05, 0.1) is 5.92 Å². The summed E-state index contributed by atoms with van der Waals surface area (Å²) >= 11 is 0. The average Bonchev–Trinajstić information content (AvgIpc) is 1.69. The van der Waals surface area contributed by atoms with E-state index in [1.54, 1.807) is 0 Å². The first-order valence-corrected chi connectivity index (χ1v) is 2.95. The fourth-order valence-corrected chi connectivity index (χ4v) is 0.638. The first kappa shape index (κ1) is 12.5. The molecule has 0 aliphatic rings. The summed E-state index contributed by atoms with van der Waals surface area (Å²) in [7, 11) is 0. The number of hydrogen-bond donors (Lipinski definition) is 1. The molecule has 1 N–H and O–H groups in total. The summed E-state index contributed by atoms with van der Waals surface area (Å²) in [5.74, 6) is -0.801. The smallest absolute Gasteiger partial charge is 0.306 e. The standard InChI is InChI=1S/C6H12O2.Pr/c1-3-5(4-2)6(7)8;/h5H,3-4H2,1-2H3,(H,7,8);. The maximum atomic E-state index is 10.2. The van der Waals surface area contributed by atoms with Crippen LogP contribution in [0.15, 0.2) is 0 Å². The molecule has 0 spiro atoms. The third kappa shape index (κ3) is 5.29. The summed E-state index contributed by atoms with van der Waals surface area (Å²) in [4.78, 5) is 10.2. The van der Waals surface area contributed by atoms with Crippen molar-refractivity contribution in [3.05, 3.63) is 0 Å². The van der Waals surface area contributed by atoms with Gasteiger partial charge in [-0.05, 0) is 12.8 Å². The molecule has 0 saturated carbocycles. The van der Waals surface area contributed by atoms with E-state index in [0.717, 1.165) is 12.8 Å². The van der Waals surface area contributed by atoms with E-state index in [1.165, 1.54) is 0 Å². The van der Waals surface area contributed by atoms with Gasteiger partial charge in [0, 0.05) is 41.3 Å². The quantitative estimate of drug-likeness (QED) is 0.832. The Kier molecular flexibility index (Phi) is 9.65. The van der Waals surface area contributed by atoms with E-state index in [9.17, 15) is 4.79 Å². The molecule has 0 saturated heterocycles. The molecule has 1 radical (unpaired) electrons. The molecule has 2 nitrogen and oxygen atoms in total. The molecule has 0 fully saturated rings. The first-order valence-electron chi connectivity index (χ1n) is 2.95. The molecule has 0 bridgehead atoms. The van der Waals surface area contributed by atoms with Gasteiger partial charge in [0.15, 0.2) is 0 Å². The summed E-state index contributed by atoms with van der Waals surface area (Å²) < 4.78 is 0. The van der Waals surface area contributed by atoms with Gasteiger partial charge in [-0.3, -0.25) is 4.79 Å². The first-order chi connectivity index (χ1) is 3.72. The molecule has 3 heteroatoms. The van der Waals surface area contributed by atoms with E-state index in [4.69, 9.17) is 5.11 Å². The Morgan fingerprint density at radius 1 is 1.44 bits per heavy atom. The van der Waals surface area contributed by atoms with Crippen LogP contribution >= 0.6 is 0 Å². The summed E-state index contributed by atoms with van der Waals surface area (Å²) in [6.07, 6.45) is 1.48. The van der Waals surface area contributed by atoms with E-state index in [2.05, 4.69) is 0 Å². The van der Waals surface area contributed by atoms with Crippen LogP contribution < -0.4 is 0 Å². The fourth-order valence-electron chi connectivity index (χ4n) is 0.638. The number of carboxylic acids is 1. The molecule has 0 atom stereocenters. The van der Waals surface area contributed by atoms with Crippen molar-refractivity contribution in [2.45, 2.75) is 26.7 Å². The zero-order valence-corrected chi connectivity index (χ0v) is 9.63. The molecule has 0 aliphatic carbocycles. The Bertz CT molecular complexity index is 79.1. The van der Waals surface area contributed by atoms with Gasteiger partial charge in [-0.1, -0.05) is 13.8 Å². The van der Waals surface area contributed by atoms with Crippen LogP contribution in [0.2, 0.25) is 0 Å². The number of hydrogen-bond acceptors (Lipinski definition) is 1. The van der Waals surface area contributed by atoms with Gasteiger partial charge < -0.3 is 5.11 Å². The molecule has 0 aromatic rings. The van der Waals surface area contributed by atoms with Gasteiger partial charge in [-0.25, -0.2) is 0 Å². The second-order valence-corrected chi connectivity index (χ2v) is 1.85. The van der Waals surface area contributed by atoms with Crippen molar-refractivity contribution in [2.24, 2.45) is 5.92 Å². The van der Waals surface area contributed by atoms with E-state index in [-0.39, 0.29) is 47.2 Å². The van der Waals surface area contributed by atoms with Gasteiger partial charge in [0.25, 0.3) is 0 Å². The van der Waals surface area contributed by atoms with Gasteiger partial charge >= 0.3 is 5.97 Å². The van der Waals surface area contributed by atoms with Crippen LogP contribution in [0.1, 0.15) is 26.7 Å². The number of aliphatic carboxylic acids is 1. The van der Waals surface area contributed by atoms with Crippen molar-refractivity contribution >= 4 is 5.97 Å². The molecule has 51 valence electrons. The minimum Gasteiger partial charge on any atom is -0.481 e. The summed E-state index contributed by atoms with van der Waals surface area (Å²) in [6, 6.07) is 0. The molecule has 0 unspecified atom stereocenters. The third-order valence-electron chi connectivity index (χ3n) is 1.33. The largest absolute Gasteiger partial charge is 0.481 e. The fraction of sp³-hybridized carbons (Fsp3) is 0.833. The van der Waals surface area contributed by atoms with Gasteiger partial charge in [-0.15, -0.1) is 0 Å². The summed E-state index contributed by atoms with van der Waals surface area (Å²) in [5, 5.41) is 8.37. The Morgan fingerprint density at radius 3 is 1.78 bits per heavy atom. The molecular formula is C6H12O2Pr. The zero-order chi connectivity index (χ0) is 6.57. The topological polar surface area (TPSA) is 37.3 Å². The van der Waals surface area contributed by atoms with Crippen LogP contribution in [0.5, 0.6) is 0 Å². The Hall–Kier alpha value is 0.834. The number of rotatable bonds is 3. The predicted molar refractivity (Wildman–Crippen MR) is 31.7 cm³/mol. The van der Waals surface area contributed by atoms with E-state index < -0.39 is 5.97 Å². The van der Waals surface area contributed by atoms with Crippen LogP contribution in [0.3, 0.4) is 0 Å². The Morgan fingerprint density at radius 2 is 1.78 bits per heavy atom. The normalized spacial score (nSPS) is 8.78. The second-order valence-electron chi connectivity index (χ2n) is 1.85. The predicted octanol–water partition coefficient (Wildman–Crippen LogP) is 1.51. The van der Waals surface area contributed by atoms with Gasteiger partial charge in [0.2, 0.25) is 0 Å². The van der Waals surface area contributed by atoms with Crippen molar-refractivity contribution in [2.75, 3.05) is 0 Å². The third-order valence-corrected chi connectivity index (χ3v) is 1.33. The molecular weight excluding hydrogens is 245 g/mol. The Labute approximate surface area is 89.0 Å². The van der Waals surface area contributed by atoms with Crippen LogP contribution in [-0.2, 0) is 4.79 Å². The van der Waals surface area contributed by atoms with Gasteiger partial charge in [0.1, 0.15) is 0 Å². The molecule has 0 aromatic carbocycles. The molecule has 0 aromatic heterocycles. The SMILES string of the molecule is CCC(CC)C(=O)O.[Pr]. The summed E-state index contributed by atoms with van der Waals surface area (Å²) in [6.45, 7) is 3.78. The van der Waals surface area contributed by atoms with Crippen LogP contribution in [0.25, 0.3) is 0 Å². The van der Waals surface area contributed by atoms with Crippen molar-refractivity contribution in [3.8, 4) is 0 Å². The average molecular weight is 257 g/mol. The van der Waals surface area contributed by atoms with Crippen molar-refractivity contribution in [1.29, 1.82) is 0 Å². The van der Waals surface area contributed by atoms with Crippen LogP contribution in [0.4, 0.5) is 0 Å². The monoisotopic (exact) mass is 257 g/mol. The summed E-state index contributed by atoms with van der Waals surface area (Å²) in [5.41, 5.74) is 0. The Balaban J connectivity index is 0. The number of carboxylic acid groups (broad SMARTS) is 1. The maximum absolute atomic E-state index is 10.2. The molecule has 0 aliphatic heterocycles. The molecule has 0 amide bonds. The van der Waals surface area contributed by atoms with Crippen molar-refractivity contribution in [3.63, 3.8) is 0 Å². The van der Waals surface area contributed by atoms with E-state index >= 15 is 0 Å². The van der Waals surface area contributed by atoms with E-state index in [0.29, 0.717) is 0 Å². The number of carbonyl (C=O) groups is 1. The minimum atomic E-state index is -0.671. The van der Waals surface area contributed by atoms with Crippen LogP contribution in [0, 0.1) is 47.2 Å². The van der Waals surface area contributed by atoms with Crippen molar-refractivity contribution < 1.29 is 51.2 Å². The van der Waals surface area contributed by atoms with Crippen molar-refractivity contribution in [1.82, 2.24) is 0 Å². The van der Waals surface area contributed by atoms with Gasteiger partial charge in [-0.2, -0.15) is 0 Å². The second kappa shape index (κ2) is 6.95. The van der Waals surface area contributed by atoms with Crippen LogP contribution in [-0.4, -0.2) is 11.1 Å². The molecule has 9 heavy (non-hydrogen) atoms. The minimum absolute atomic E-state index is 0. The molecule has 0 heterocycles. The zero-order valence-electron chi connectivity index (χ0n) is 5.92. The maximum Gasteiger partial charge on any atom is 0.306 e. The molecule has 0 rings (SSSR count). The van der Waals surface area contributed by atoms with E-state index in [1.807, 2.05) is 13.8 Å².